The lowest BCUT2D eigenvalue weighted by molar-refractivity contribution is -0.0961. The summed E-state index contributed by atoms with van der Waals surface area (Å²) in [5.41, 5.74) is 1.53. The maximum absolute atomic E-state index is 6.19. The third kappa shape index (κ3) is 3.18. The zero-order valence-electron chi connectivity index (χ0n) is 12.8. The van der Waals surface area contributed by atoms with Gasteiger partial charge in [-0.3, -0.25) is 4.90 Å². The molecule has 1 fully saturated rings. The van der Waals surface area contributed by atoms with Crippen LogP contribution >= 0.6 is 0 Å². The first kappa shape index (κ1) is 14.5. The molecule has 1 heterocycles. The molecule has 0 amide bonds. The van der Waals surface area contributed by atoms with E-state index in [4.69, 9.17) is 4.74 Å². The number of nitrogens with zero attached hydrogens (tertiary/aromatic N) is 1. The summed E-state index contributed by atoms with van der Waals surface area (Å²) in [5.74, 6) is 0. The van der Waals surface area contributed by atoms with Gasteiger partial charge in [0.05, 0.1) is 5.60 Å². The number of likely N-dealkylation sites (tertiary alicyclic amines) is 1. The van der Waals surface area contributed by atoms with Crippen molar-refractivity contribution in [3.8, 4) is 0 Å². The summed E-state index contributed by atoms with van der Waals surface area (Å²) in [6.07, 6.45) is 2.17. The summed E-state index contributed by atoms with van der Waals surface area (Å²) in [6, 6.07) is 10.7. The predicted octanol–water partition coefficient (Wildman–Crippen LogP) is 3.81. The summed E-state index contributed by atoms with van der Waals surface area (Å²) < 4.78 is 6.19. The lowest BCUT2D eigenvalue weighted by Gasteiger charge is -2.46. The van der Waals surface area contributed by atoms with E-state index in [9.17, 15) is 0 Å². The Balaban J connectivity index is 2.16. The summed E-state index contributed by atoms with van der Waals surface area (Å²) in [7, 11) is 0. The number of ether oxygens (including phenoxy) is 1. The second-order valence-corrected chi connectivity index (χ2v) is 6.45. The standard InChI is InChI=1S/C17H27NO/c1-5-19-17(15-9-7-6-8-10-15)11-13-18(14-12-17)16(2,3)4/h6-10H,5,11-14H2,1-4H3. The fraction of sp³-hybridized carbons (Fsp3) is 0.647. The highest BCUT2D eigenvalue weighted by Crippen LogP contribution is 2.38. The molecule has 0 aromatic heterocycles. The Morgan fingerprint density at radius 3 is 2.16 bits per heavy atom. The predicted molar refractivity (Wildman–Crippen MR) is 80.3 cm³/mol. The lowest BCUT2D eigenvalue weighted by atomic mass is 9.82. The monoisotopic (exact) mass is 261 g/mol. The molecule has 1 saturated heterocycles. The van der Waals surface area contributed by atoms with Crippen LogP contribution in [0.25, 0.3) is 0 Å². The lowest BCUT2D eigenvalue weighted by Crippen LogP contribution is -2.51. The molecule has 106 valence electrons. The fourth-order valence-corrected chi connectivity index (χ4v) is 3.07. The quantitative estimate of drug-likeness (QED) is 0.820. The average Bonchev–Trinajstić information content (AvgIpc) is 2.39. The number of hydrogen-bond donors (Lipinski definition) is 0. The molecule has 2 rings (SSSR count). The van der Waals surface area contributed by atoms with Gasteiger partial charge in [-0.15, -0.1) is 0 Å². The molecule has 1 aliphatic rings. The molecule has 0 atom stereocenters. The van der Waals surface area contributed by atoms with Crippen molar-refractivity contribution in [1.82, 2.24) is 4.90 Å². The van der Waals surface area contributed by atoms with Gasteiger partial charge in [-0.05, 0) is 46.1 Å². The molecule has 0 aliphatic carbocycles. The minimum absolute atomic E-state index is 0.0717. The smallest absolute Gasteiger partial charge is 0.0955 e. The fourth-order valence-electron chi connectivity index (χ4n) is 3.07. The normalized spacial score (nSPS) is 20.4. The second kappa shape index (κ2) is 5.64. The highest BCUT2D eigenvalue weighted by molar-refractivity contribution is 5.23. The van der Waals surface area contributed by atoms with E-state index in [0.717, 1.165) is 32.5 Å². The zero-order chi connectivity index (χ0) is 13.9. The molecule has 1 aliphatic heterocycles. The van der Waals surface area contributed by atoms with Gasteiger partial charge < -0.3 is 4.74 Å². The molecular weight excluding hydrogens is 234 g/mol. The van der Waals surface area contributed by atoms with Crippen LogP contribution in [-0.2, 0) is 10.3 Å². The molecule has 0 radical (unpaired) electrons. The molecule has 2 nitrogen and oxygen atoms in total. The molecular formula is C17H27NO. The first-order valence-corrected chi connectivity index (χ1v) is 7.42. The van der Waals surface area contributed by atoms with Crippen LogP contribution in [-0.4, -0.2) is 30.1 Å². The highest BCUT2D eigenvalue weighted by Gasteiger charge is 2.39. The van der Waals surface area contributed by atoms with Crippen LogP contribution < -0.4 is 0 Å². The van der Waals surface area contributed by atoms with Crippen molar-refractivity contribution in [2.45, 2.75) is 51.7 Å². The van der Waals surface area contributed by atoms with Crippen molar-refractivity contribution >= 4 is 0 Å². The number of benzene rings is 1. The molecule has 2 heteroatoms. The van der Waals surface area contributed by atoms with Crippen molar-refractivity contribution in [3.05, 3.63) is 35.9 Å². The van der Waals surface area contributed by atoms with Gasteiger partial charge >= 0.3 is 0 Å². The topological polar surface area (TPSA) is 12.5 Å². The average molecular weight is 261 g/mol. The van der Waals surface area contributed by atoms with E-state index in [-0.39, 0.29) is 11.1 Å². The molecule has 19 heavy (non-hydrogen) atoms. The third-order valence-corrected chi connectivity index (χ3v) is 4.24. The van der Waals surface area contributed by atoms with Gasteiger partial charge in [0.15, 0.2) is 0 Å². The zero-order valence-corrected chi connectivity index (χ0v) is 12.8. The second-order valence-electron chi connectivity index (χ2n) is 6.45. The van der Waals surface area contributed by atoms with Crippen LogP contribution in [0.5, 0.6) is 0 Å². The minimum atomic E-state index is -0.0717. The van der Waals surface area contributed by atoms with Crippen LogP contribution in [0.2, 0.25) is 0 Å². The van der Waals surface area contributed by atoms with E-state index >= 15 is 0 Å². The van der Waals surface area contributed by atoms with Gasteiger partial charge in [-0.25, -0.2) is 0 Å². The van der Waals surface area contributed by atoms with Crippen LogP contribution in [0, 0.1) is 0 Å². The maximum Gasteiger partial charge on any atom is 0.0955 e. The van der Waals surface area contributed by atoms with Crippen molar-refractivity contribution in [2.24, 2.45) is 0 Å². The number of rotatable bonds is 3. The Labute approximate surface area is 117 Å². The van der Waals surface area contributed by atoms with Gasteiger partial charge in [0.2, 0.25) is 0 Å². The van der Waals surface area contributed by atoms with E-state index < -0.39 is 0 Å². The Bertz CT molecular complexity index is 385. The van der Waals surface area contributed by atoms with E-state index in [1.807, 2.05) is 0 Å². The molecule has 0 N–H and O–H groups in total. The van der Waals surface area contributed by atoms with Crippen molar-refractivity contribution in [1.29, 1.82) is 0 Å². The van der Waals surface area contributed by atoms with Crippen molar-refractivity contribution in [3.63, 3.8) is 0 Å². The third-order valence-electron chi connectivity index (χ3n) is 4.24. The van der Waals surface area contributed by atoms with Gasteiger partial charge in [-0.2, -0.15) is 0 Å². The summed E-state index contributed by atoms with van der Waals surface area (Å²) in [6.45, 7) is 12.0. The van der Waals surface area contributed by atoms with Gasteiger partial charge in [0.1, 0.15) is 0 Å². The first-order valence-electron chi connectivity index (χ1n) is 7.42. The Morgan fingerprint density at radius 2 is 1.68 bits per heavy atom. The van der Waals surface area contributed by atoms with E-state index in [1.165, 1.54) is 5.56 Å². The highest BCUT2D eigenvalue weighted by atomic mass is 16.5. The Morgan fingerprint density at radius 1 is 1.11 bits per heavy atom. The summed E-state index contributed by atoms with van der Waals surface area (Å²) in [4.78, 5) is 2.56. The Hall–Kier alpha value is -0.860. The number of piperidine rings is 1. The van der Waals surface area contributed by atoms with Crippen LogP contribution in [0.3, 0.4) is 0 Å². The molecule has 0 bridgehead atoms. The van der Waals surface area contributed by atoms with E-state index in [2.05, 4.69) is 62.9 Å². The molecule has 1 aromatic carbocycles. The minimum Gasteiger partial charge on any atom is -0.370 e. The van der Waals surface area contributed by atoms with Gasteiger partial charge in [-0.1, -0.05) is 30.3 Å². The Kier molecular flexibility index (Phi) is 4.32. The van der Waals surface area contributed by atoms with Gasteiger partial charge in [0, 0.05) is 25.2 Å². The maximum atomic E-state index is 6.19. The van der Waals surface area contributed by atoms with Gasteiger partial charge in [0.25, 0.3) is 0 Å². The summed E-state index contributed by atoms with van der Waals surface area (Å²) >= 11 is 0. The molecule has 0 unspecified atom stereocenters. The van der Waals surface area contributed by atoms with E-state index in [0.29, 0.717) is 0 Å². The van der Waals surface area contributed by atoms with Crippen LogP contribution in [0.15, 0.2) is 30.3 Å². The first-order chi connectivity index (χ1) is 8.98. The van der Waals surface area contributed by atoms with Crippen molar-refractivity contribution < 1.29 is 4.74 Å². The molecule has 1 aromatic rings. The number of hydrogen-bond acceptors (Lipinski definition) is 2. The van der Waals surface area contributed by atoms with Crippen molar-refractivity contribution in [2.75, 3.05) is 19.7 Å². The summed E-state index contributed by atoms with van der Waals surface area (Å²) in [5, 5.41) is 0. The SMILES string of the molecule is CCOC1(c2ccccc2)CCN(C(C)(C)C)CC1. The van der Waals surface area contributed by atoms with Crippen LogP contribution in [0.4, 0.5) is 0 Å². The molecule has 0 saturated carbocycles. The molecule has 0 spiro atoms. The van der Waals surface area contributed by atoms with Crippen LogP contribution in [0.1, 0.15) is 46.1 Å². The largest absolute Gasteiger partial charge is 0.370 e. The van der Waals surface area contributed by atoms with E-state index in [1.54, 1.807) is 0 Å².